The maximum Gasteiger partial charge on any atom is 0.254 e. The molecule has 1 amide bonds. The molecule has 1 saturated heterocycles. The molecule has 4 heteroatoms. The summed E-state index contributed by atoms with van der Waals surface area (Å²) in [5, 5.41) is 4.14. The molecule has 1 aromatic heterocycles. The van der Waals surface area contributed by atoms with Crippen LogP contribution in [0, 0.1) is 0 Å². The van der Waals surface area contributed by atoms with Crippen LogP contribution in [0.1, 0.15) is 23.2 Å². The largest absolute Gasteiger partial charge is 0.334 e. The van der Waals surface area contributed by atoms with Crippen molar-refractivity contribution in [2.45, 2.75) is 18.9 Å². The molecule has 132 valence electrons. The zero-order chi connectivity index (χ0) is 17.9. The summed E-state index contributed by atoms with van der Waals surface area (Å²) in [6.07, 6.45) is 2.12. The third-order valence-corrected chi connectivity index (χ3v) is 5.09. The minimum Gasteiger partial charge on any atom is -0.334 e. The highest BCUT2D eigenvalue weighted by molar-refractivity contribution is 6.07. The van der Waals surface area contributed by atoms with E-state index >= 15 is 0 Å². The number of benzene rings is 2. The van der Waals surface area contributed by atoms with Gasteiger partial charge in [0.15, 0.2) is 0 Å². The van der Waals surface area contributed by atoms with E-state index < -0.39 is 0 Å². The van der Waals surface area contributed by atoms with Gasteiger partial charge in [0.1, 0.15) is 0 Å². The van der Waals surface area contributed by atoms with Gasteiger partial charge < -0.3 is 10.2 Å². The van der Waals surface area contributed by atoms with Gasteiger partial charge >= 0.3 is 0 Å². The normalized spacial score (nSPS) is 17.0. The number of carbonyl (C=O) groups excluding carboxylic acids is 1. The van der Waals surface area contributed by atoms with Crippen LogP contribution in [0.2, 0.25) is 0 Å². The van der Waals surface area contributed by atoms with Crippen LogP contribution >= 0.6 is 0 Å². The Balaban J connectivity index is 1.82. The SMILES string of the molecule is CNCC1CCCN1C(=O)c1cc(-c2ccccc2)nc2ccccc12. The molecule has 1 fully saturated rings. The molecule has 0 bridgehead atoms. The molecule has 4 rings (SSSR count). The van der Waals surface area contributed by atoms with E-state index in [1.165, 1.54) is 0 Å². The molecule has 1 unspecified atom stereocenters. The number of para-hydroxylation sites is 1. The van der Waals surface area contributed by atoms with E-state index in [2.05, 4.69) is 5.32 Å². The van der Waals surface area contributed by atoms with Gasteiger partial charge in [-0.1, -0.05) is 48.5 Å². The Kier molecular flexibility index (Phi) is 4.67. The third kappa shape index (κ3) is 3.08. The van der Waals surface area contributed by atoms with Crippen molar-refractivity contribution >= 4 is 16.8 Å². The minimum atomic E-state index is 0.110. The maximum atomic E-state index is 13.4. The summed E-state index contributed by atoms with van der Waals surface area (Å²) in [7, 11) is 1.94. The van der Waals surface area contributed by atoms with Crippen LogP contribution in [0.15, 0.2) is 60.7 Å². The molecule has 1 atom stereocenters. The molecule has 0 spiro atoms. The van der Waals surface area contributed by atoms with Crippen molar-refractivity contribution in [1.29, 1.82) is 0 Å². The highest BCUT2D eigenvalue weighted by atomic mass is 16.2. The Morgan fingerprint density at radius 1 is 1.15 bits per heavy atom. The fourth-order valence-electron chi connectivity index (χ4n) is 3.81. The lowest BCUT2D eigenvalue weighted by Gasteiger charge is -2.25. The van der Waals surface area contributed by atoms with E-state index in [4.69, 9.17) is 4.98 Å². The molecule has 1 aliphatic rings. The first-order chi connectivity index (χ1) is 12.8. The van der Waals surface area contributed by atoms with Crippen LogP contribution < -0.4 is 5.32 Å². The number of carbonyl (C=O) groups is 1. The van der Waals surface area contributed by atoms with Gasteiger partial charge in [0.05, 0.1) is 16.8 Å². The lowest BCUT2D eigenvalue weighted by atomic mass is 10.0. The number of hydrogen-bond acceptors (Lipinski definition) is 3. The predicted octanol–water partition coefficient (Wildman–Crippen LogP) is 3.73. The van der Waals surface area contributed by atoms with E-state index in [0.717, 1.165) is 53.7 Å². The zero-order valence-electron chi connectivity index (χ0n) is 15.0. The zero-order valence-corrected chi connectivity index (χ0v) is 15.0. The highest BCUT2D eigenvalue weighted by Crippen LogP contribution is 2.28. The fourth-order valence-corrected chi connectivity index (χ4v) is 3.81. The number of pyridine rings is 1. The fraction of sp³-hybridized carbons (Fsp3) is 0.273. The Hall–Kier alpha value is -2.72. The quantitative estimate of drug-likeness (QED) is 0.784. The third-order valence-electron chi connectivity index (χ3n) is 5.09. The van der Waals surface area contributed by atoms with Crippen LogP contribution in [0.25, 0.3) is 22.2 Å². The molecule has 3 aromatic rings. The van der Waals surface area contributed by atoms with Gasteiger partial charge in [-0.15, -0.1) is 0 Å². The Labute approximate surface area is 153 Å². The summed E-state index contributed by atoms with van der Waals surface area (Å²) in [4.78, 5) is 20.2. The van der Waals surface area contributed by atoms with Crippen LogP contribution in [-0.4, -0.2) is 42.0 Å². The van der Waals surface area contributed by atoms with Gasteiger partial charge in [0.2, 0.25) is 0 Å². The van der Waals surface area contributed by atoms with Gasteiger partial charge in [0, 0.05) is 30.1 Å². The molecular formula is C22H23N3O. The number of fused-ring (bicyclic) bond motifs is 1. The van der Waals surface area contributed by atoms with Gasteiger partial charge in [-0.05, 0) is 32.0 Å². The first kappa shape index (κ1) is 16.7. The number of hydrogen-bond donors (Lipinski definition) is 1. The van der Waals surface area contributed by atoms with Crippen LogP contribution in [0.5, 0.6) is 0 Å². The Morgan fingerprint density at radius 2 is 1.92 bits per heavy atom. The molecule has 1 N–H and O–H groups in total. The van der Waals surface area contributed by atoms with E-state index in [0.29, 0.717) is 0 Å². The number of nitrogens with zero attached hydrogens (tertiary/aromatic N) is 2. The molecular weight excluding hydrogens is 322 g/mol. The van der Waals surface area contributed by atoms with E-state index in [-0.39, 0.29) is 11.9 Å². The van der Waals surface area contributed by atoms with E-state index in [1.807, 2.05) is 72.6 Å². The van der Waals surface area contributed by atoms with Crippen molar-refractivity contribution in [3.8, 4) is 11.3 Å². The number of amides is 1. The van der Waals surface area contributed by atoms with Crippen molar-refractivity contribution in [1.82, 2.24) is 15.2 Å². The van der Waals surface area contributed by atoms with Gasteiger partial charge in [-0.25, -0.2) is 4.98 Å². The first-order valence-corrected chi connectivity index (χ1v) is 9.18. The molecule has 26 heavy (non-hydrogen) atoms. The smallest absolute Gasteiger partial charge is 0.254 e. The van der Waals surface area contributed by atoms with Crippen molar-refractivity contribution in [3.05, 3.63) is 66.2 Å². The predicted molar refractivity (Wildman–Crippen MR) is 105 cm³/mol. The number of likely N-dealkylation sites (N-methyl/N-ethyl adjacent to an activating group) is 1. The number of rotatable bonds is 4. The van der Waals surface area contributed by atoms with Crippen LogP contribution in [-0.2, 0) is 0 Å². The summed E-state index contributed by atoms with van der Waals surface area (Å²) in [5.74, 6) is 0.110. The summed E-state index contributed by atoms with van der Waals surface area (Å²) >= 11 is 0. The standard InChI is InChI=1S/C22H23N3O/c1-23-15-17-10-7-13-25(17)22(26)19-14-21(16-8-3-2-4-9-16)24-20-12-6-5-11-18(19)20/h2-6,8-9,11-12,14,17,23H,7,10,13,15H2,1H3. The van der Waals surface area contributed by atoms with Gasteiger partial charge in [-0.2, -0.15) is 0 Å². The average molecular weight is 345 g/mol. The molecule has 0 aliphatic carbocycles. The van der Waals surface area contributed by atoms with Crippen LogP contribution in [0.3, 0.4) is 0 Å². The molecule has 0 radical (unpaired) electrons. The first-order valence-electron chi connectivity index (χ1n) is 9.18. The van der Waals surface area contributed by atoms with Crippen molar-refractivity contribution in [2.24, 2.45) is 0 Å². The lowest BCUT2D eigenvalue weighted by Crippen LogP contribution is -2.40. The number of nitrogens with one attached hydrogen (secondary N) is 1. The average Bonchev–Trinajstić information content (AvgIpc) is 3.16. The lowest BCUT2D eigenvalue weighted by molar-refractivity contribution is 0.0739. The van der Waals surface area contributed by atoms with Crippen molar-refractivity contribution in [2.75, 3.05) is 20.1 Å². The Bertz CT molecular complexity index is 923. The van der Waals surface area contributed by atoms with Crippen molar-refractivity contribution in [3.63, 3.8) is 0 Å². The molecule has 0 saturated carbocycles. The van der Waals surface area contributed by atoms with E-state index in [9.17, 15) is 4.79 Å². The van der Waals surface area contributed by atoms with E-state index in [1.54, 1.807) is 0 Å². The summed E-state index contributed by atoms with van der Waals surface area (Å²) in [6.45, 7) is 1.66. The number of aromatic nitrogens is 1. The molecule has 2 heterocycles. The second-order valence-electron chi connectivity index (χ2n) is 6.79. The highest BCUT2D eigenvalue weighted by Gasteiger charge is 2.30. The van der Waals surface area contributed by atoms with Gasteiger partial charge in [-0.3, -0.25) is 4.79 Å². The maximum absolute atomic E-state index is 13.4. The second-order valence-corrected chi connectivity index (χ2v) is 6.79. The van der Waals surface area contributed by atoms with Crippen LogP contribution in [0.4, 0.5) is 0 Å². The molecule has 2 aromatic carbocycles. The minimum absolute atomic E-state index is 0.110. The number of likely N-dealkylation sites (tertiary alicyclic amines) is 1. The molecule has 4 nitrogen and oxygen atoms in total. The second kappa shape index (κ2) is 7.26. The molecule has 1 aliphatic heterocycles. The topological polar surface area (TPSA) is 45.2 Å². The van der Waals surface area contributed by atoms with Gasteiger partial charge in [0.25, 0.3) is 5.91 Å². The summed E-state index contributed by atoms with van der Waals surface area (Å²) < 4.78 is 0. The van der Waals surface area contributed by atoms with Crippen molar-refractivity contribution < 1.29 is 4.79 Å². The summed E-state index contributed by atoms with van der Waals surface area (Å²) in [5.41, 5.74) is 3.48. The Morgan fingerprint density at radius 3 is 2.73 bits per heavy atom. The summed E-state index contributed by atoms with van der Waals surface area (Å²) in [6, 6.07) is 20.2. The monoisotopic (exact) mass is 345 g/mol.